The molecule has 0 saturated carbocycles. The average molecular weight is 161 g/mol. The molecule has 0 radical (unpaired) electrons. The zero-order chi connectivity index (χ0) is 6.62. The van der Waals surface area contributed by atoms with Crippen LogP contribution in [0.5, 0.6) is 0 Å². The van der Waals surface area contributed by atoms with E-state index in [-0.39, 0.29) is 5.60 Å². The van der Waals surface area contributed by atoms with Gasteiger partial charge < -0.3 is 0 Å². The topological polar surface area (TPSA) is 9.23 Å². The first-order chi connectivity index (χ1) is 3.62. The van der Waals surface area contributed by atoms with Crippen LogP contribution in [0.1, 0.15) is 13.8 Å². The van der Waals surface area contributed by atoms with E-state index in [0.29, 0.717) is 0 Å². The van der Waals surface area contributed by atoms with Crippen LogP contribution >= 0.6 is 0 Å². The van der Waals surface area contributed by atoms with Gasteiger partial charge in [0.1, 0.15) is 0 Å². The molecule has 0 bridgehead atoms. The van der Waals surface area contributed by atoms with Crippen LogP contribution in [0.3, 0.4) is 0 Å². The molecule has 0 atom stereocenters. The van der Waals surface area contributed by atoms with Gasteiger partial charge in [0.05, 0.1) is 0 Å². The van der Waals surface area contributed by atoms with Gasteiger partial charge in [0.2, 0.25) is 0 Å². The minimum atomic E-state index is -0.378. The van der Waals surface area contributed by atoms with Crippen molar-refractivity contribution in [3.05, 3.63) is 0 Å². The fourth-order valence-corrected chi connectivity index (χ4v) is 0.425. The molecule has 0 aliphatic heterocycles. The molecule has 0 N–H and O–H groups in total. The number of ether oxygens (including phenoxy) is 1. The van der Waals surface area contributed by atoms with E-state index < -0.39 is 0 Å². The third kappa shape index (κ3) is 3.10. The summed E-state index contributed by atoms with van der Waals surface area (Å²) in [5, 5.41) is 0. The van der Waals surface area contributed by atoms with E-state index in [0.717, 1.165) is 0 Å². The Morgan fingerprint density at radius 1 is 1.50 bits per heavy atom. The normalized spacial score (nSPS) is 10.1. The van der Waals surface area contributed by atoms with Crippen molar-refractivity contribution in [3.63, 3.8) is 0 Å². The fourth-order valence-electron chi connectivity index (χ4n) is 0.142. The Kier molecular flexibility index (Phi) is 3.16. The molecule has 0 amide bonds. The third-order valence-corrected chi connectivity index (χ3v) is 0.967. The summed E-state index contributed by atoms with van der Waals surface area (Å²) >= 11 is 4.56. The molecule has 0 spiro atoms. The Hall–Kier alpha value is 0.0395. The molecular weight excluding hydrogens is 152 g/mol. The van der Waals surface area contributed by atoms with E-state index in [1.807, 2.05) is 13.8 Å². The second-order valence-electron chi connectivity index (χ2n) is 1.91. The van der Waals surface area contributed by atoms with Crippen LogP contribution in [0.15, 0.2) is 0 Å². The van der Waals surface area contributed by atoms with Gasteiger partial charge in [-0.2, -0.15) is 0 Å². The maximum atomic E-state index is 4.93. The first-order valence-electron chi connectivity index (χ1n) is 2.26. The molecule has 0 aliphatic rings. The fraction of sp³-hybridized carbons (Fsp3) is 0.667. The predicted molar refractivity (Wildman–Crippen MR) is 28.9 cm³/mol. The Bertz CT molecular complexity index is 118. The van der Waals surface area contributed by atoms with Gasteiger partial charge in [0.15, 0.2) is 0 Å². The van der Waals surface area contributed by atoms with E-state index in [9.17, 15) is 0 Å². The van der Waals surface area contributed by atoms with Crippen molar-refractivity contribution in [1.29, 1.82) is 0 Å². The number of methoxy groups -OCH3 is 1. The first-order valence-corrected chi connectivity index (χ1v) is 2.73. The van der Waals surface area contributed by atoms with Crippen molar-refractivity contribution in [3.8, 4) is 10.7 Å². The summed E-state index contributed by atoms with van der Waals surface area (Å²) in [7, 11) is 1.61. The SMILES string of the molecule is COC(C)(C)C#[C][Cu]. The maximum absolute atomic E-state index is 4.93. The number of rotatable bonds is 1. The van der Waals surface area contributed by atoms with E-state index >= 15 is 0 Å². The zero-order valence-corrected chi connectivity index (χ0v) is 6.15. The van der Waals surface area contributed by atoms with Gasteiger partial charge in [-0.05, 0) is 0 Å². The van der Waals surface area contributed by atoms with Gasteiger partial charge in [-0.3, -0.25) is 0 Å². The standard InChI is InChI=1S/C6H9O.Cu/c1-5-6(2,3)7-4;/h2-4H3;. The molecule has 1 nitrogen and oxygen atoms in total. The Morgan fingerprint density at radius 3 is 2.12 bits per heavy atom. The van der Waals surface area contributed by atoms with Crippen LogP contribution in [-0.2, 0) is 20.7 Å². The zero-order valence-electron chi connectivity index (χ0n) is 5.21. The second kappa shape index (κ2) is 3.14. The molecule has 0 saturated heterocycles. The van der Waals surface area contributed by atoms with E-state index in [1.165, 1.54) is 0 Å². The molecule has 8 heavy (non-hydrogen) atoms. The van der Waals surface area contributed by atoms with Crippen molar-refractivity contribution < 1.29 is 20.7 Å². The molecule has 0 aliphatic carbocycles. The van der Waals surface area contributed by atoms with Gasteiger partial charge in [-0.25, -0.2) is 0 Å². The predicted octanol–water partition coefficient (Wildman–Crippen LogP) is 0.919. The van der Waals surface area contributed by atoms with Crippen molar-refractivity contribution in [2.75, 3.05) is 7.11 Å². The van der Waals surface area contributed by atoms with Gasteiger partial charge >= 0.3 is 58.0 Å². The van der Waals surface area contributed by atoms with Crippen LogP contribution in [0.4, 0.5) is 0 Å². The summed E-state index contributed by atoms with van der Waals surface area (Å²) < 4.78 is 4.93. The van der Waals surface area contributed by atoms with Crippen LogP contribution in [-0.4, -0.2) is 12.7 Å². The van der Waals surface area contributed by atoms with Crippen LogP contribution < -0.4 is 0 Å². The number of hydrogen-bond acceptors (Lipinski definition) is 1. The summed E-state index contributed by atoms with van der Waals surface area (Å²) in [6.45, 7) is 3.73. The Balaban J connectivity index is 3.85. The molecule has 2 heteroatoms. The van der Waals surface area contributed by atoms with Crippen LogP contribution in [0.2, 0.25) is 0 Å². The van der Waals surface area contributed by atoms with Crippen molar-refractivity contribution >= 4 is 0 Å². The van der Waals surface area contributed by atoms with Gasteiger partial charge in [-0.1, -0.05) is 0 Å². The Labute approximate surface area is 58.6 Å². The van der Waals surface area contributed by atoms with E-state index in [2.05, 4.69) is 26.8 Å². The summed E-state index contributed by atoms with van der Waals surface area (Å²) in [5.74, 6) is 2.70. The average Bonchev–Trinajstić information content (AvgIpc) is 1.67. The van der Waals surface area contributed by atoms with Crippen LogP contribution in [0.25, 0.3) is 0 Å². The van der Waals surface area contributed by atoms with Gasteiger partial charge in [-0.15, -0.1) is 0 Å². The van der Waals surface area contributed by atoms with Crippen LogP contribution in [0, 0.1) is 10.7 Å². The summed E-state index contributed by atoms with van der Waals surface area (Å²) in [6.07, 6.45) is 0. The molecule has 0 rings (SSSR count). The van der Waals surface area contributed by atoms with Crippen molar-refractivity contribution in [1.82, 2.24) is 0 Å². The van der Waals surface area contributed by atoms with Crippen molar-refractivity contribution in [2.24, 2.45) is 0 Å². The van der Waals surface area contributed by atoms with Gasteiger partial charge in [0, 0.05) is 0 Å². The summed E-state index contributed by atoms with van der Waals surface area (Å²) in [5.41, 5.74) is -0.378. The monoisotopic (exact) mass is 160 g/mol. The number of hydrogen-bond donors (Lipinski definition) is 0. The van der Waals surface area contributed by atoms with Crippen molar-refractivity contribution in [2.45, 2.75) is 19.4 Å². The quantitative estimate of drug-likeness (QED) is 0.410. The molecular formula is C6H9CuO. The Morgan fingerprint density at radius 2 is 2.00 bits per heavy atom. The molecule has 0 fully saturated rings. The second-order valence-corrected chi connectivity index (χ2v) is 2.15. The minimum absolute atomic E-state index is 0.378. The molecule has 50 valence electrons. The molecule has 0 aromatic heterocycles. The van der Waals surface area contributed by atoms with E-state index in [1.54, 1.807) is 7.11 Å². The molecule has 0 aromatic carbocycles. The molecule has 0 aromatic rings. The molecule has 0 unspecified atom stereocenters. The first kappa shape index (κ1) is 8.04. The summed E-state index contributed by atoms with van der Waals surface area (Å²) in [4.78, 5) is 2.35. The van der Waals surface area contributed by atoms with Gasteiger partial charge in [0.25, 0.3) is 0 Å². The molecule has 0 heterocycles. The summed E-state index contributed by atoms with van der Waals surface area (Å²) in [6, 6.07) is 0. The van der Waals surface area contributed by atoms with E-state index in [4.69, 9.17) is 4.74 Å². The third-order valence-electron chi connectivity index (χ3n) is 0.849.